The van der Waals surface area contributed by atoms with E-state index < -0.39 is 0 Å². The van der Waals surface area contributed by atoms with Crippen molar-refractivity contribution in [3.63, 3.8) is 0 Å². The molecule has 0 N–H and O–H groups in total. The van der Waals surface area contributed by atoms with E-state index in [1.807, 2.05) is 23.3 Å². The lowest BCUT2D eigenvalue weighted by Crippen LogP contribution is -2.50. The summed E-state index contributed by atoms with van der Waals surface area (Å²) in [4.78, 5) is 29.0. The Labute approximate surface area is 163 Å². The molecule has 1 amide bonds. The summed E-state index contributed by atoms with van der Waals surface area (Å²) in [5, 5.41) is 9.59. The first kappa shape index (κ1) is 18.1. The fourth-order valence-electron chi connectivity index (χ4n) is 4.81. The van der Waals surface area contributed by atoms with Gasteiger partial charge in [-0.2, -0.15) is 5.26 Å². The molecule has 27 heavy (non-hydrogen) atoms. The van der Waals surface area contributed by atoms with Crippen molar-refractivity contribution >= 4 is 23.2 Å². The number of aromatic nitrogens is 1. The van der Waals surface area contributed by atoms with Crippen LogP contribution in [0.5, 0.6) is 0 Å². The monoisotopic (exact) mass is 381 g/mol. The zero-order valence-electron chi connectivity index (χ0n) is 15.5. The first-order chi connectivity index (χ1) is 13.2. The standard InChI is InChI=1S/C21H23N3O2S/c1-27-19-15(13-22)20(25)24-11-5-4-10-17(24)18(19)21(26)23-12-6-8-14-7-2-3-9-16(14)23/h4-5,10-11,14,16H,2-3,6-9,12H2,1H3. The molecule has 1 saturated heterocycles. The molecule has 2 aromatic heterocycles. The second kappa shape index (κ2) is 7.40. The number of hydrogen-bond acceptors (Lipinski definition) is 4. The zero-order chi connectivity index (χ0) is 19.0. The number of carbonyl (C=O) groups excluding carboxylic acids is 1. The van der Waals surface area contributed by atoms with E-state index >= 15 is 0 Å². The fraction of sp³-hybridized carbons (Fsp3) is 0.476. The Kier molecular flexibility index (Phi) is 4.96. The third-order valence-corrected chi connectivity index (χ3v) is 6.85. The Hall–Kier alpha value is -2.26. The lowest BCUT2D eigenvalue weighted by molar-refractivity contribution is 0.0389. The number of carbonyl (C=O) groups is 1. The van der Waals surface area contributed by atoms with Crippen LogP contribution < -0.4 is 5.56 Å². The number of likely N-dealkylation sites (tertiary alicyclic amines) is 1. The van der Waals surface area contributed by atoms with Crippen LogP contribution in [0.1, 0.15) is 54.4 Å². The molecule has 2 aromatic rings. The van der Waals surface area contributed by atoms with Gasteiger partial charge in [0.15, 0.2) is 0 Å². The number of amides is 1. The number of rotatable bonds is 2. The molecule has 0 bridgehead atoms. The predicted octanol–water partition coefficient (Wildman–Crippen LogP) is 3.69. The quantitative estimate of drug-likeness (QED) is 0.744. The van der Waals surface area contributed by atoms with Crippen molar-refractivity contribution in [2.45, 2.75) is 49.5 Å². The molecular weight excluding hydrogens is 358 g/mol. The summed E-state index contributed by atoms with van der Waals surface area (Å²) in [6, 6.07) is 7.71. The van der Waals surface area contributed by atoms with Gasteiger partial charge in [0.2, 0.25) is 0 Å². The van der Waals surface area contributed by atoms with Crippen molar-refractivity contribution in [3.05, 3.63) is 45.9 Å². The molecule has 0 radical (unpaired) electrons. The van der Waals surface area contributed by atoms with Gasteiger partial charge in [0.1, 0.15) is 11.6 Å². The molecule has 2 fully saturated rings. The molecule has 2 unspecified atom stereocenters. The molecule has 2 aliphatic rings. The van der Waals surface area contributed by atoms with Crippen molar-refractivity contribution < 1.29 is 4.79 Å². The summed E-state index contributed by atoms with van der Waals surface area (Å²) in [6.45, 7) is 0.758. The van der Waals surface area contributed by atoms with Gasteiger partial charge >= 0.3 is 0 Å². The van der Waals surface area contributed by atoms with Crippen LogP contribution in [-0.2, 0) is 0 Å². The first-order valence-corrected chi connectivity index (χ1v) is 10.8. The number of piperidine rings is 1. The van der Waals surface area contributed by atoms with Crippen LogP contribution in [-0.4, -0.2) is 34.1 Å². The molecule has 140 valence electrons. The maximum absolute atomic E-state index is 13.7. The van der Waals surface area contributed by atoms with Gasteiger partial charge in [0, 0.05) is 23.7 Å². The van der Waals surface area contributed by atoms with Crippen LogP contribution in [0.4, 0.5) is 0 Å². The number of nitriles is 1. The second-order valence-electron chi connectivity index (χ2n) is 7.41. The summed E-state index contributed by atoms with van der Waals surface area (Å²) in [6.07, 6.45) is 10.4. The highest BCUT2D eigenvalue weighted by molar-refractivity contribution is 7.98. The molecular formula is C21H23N3O2S. The van der Waals surface area contributed by atoms with Gasteiger partial charge in [0.25, 0.3) is 11.5 Å². The van der Waals surface area contributed by atoms with Crippen LogP contribution in [0, 0.1) is 17.2 Å². The van der Waals surface area contributed by atoms with Crippen molar-refractivity contribution in [2.75, 3.05) is 12.8 Å². The number of hydrogen-bond donors (Lipinski definition) is 0. The number of fused-ring (bicyclic) bond motifs is 2. The second-order valence-corrected chi connectivity index (χ2v) is 8.23. The SMILES string of the molecule is CSc1c(C#N)c(=O)n2ccccc2c1C(=O)N1CCCC2CCCCC21. The summed E-state index contributed by atoms with van der Waals surface area (Å²) >= 11 is 1.31. The maximum Gasteiger partial charge on any atom is 0.274 e. The van der Waals surface area contributed by atoms with E-state index in [1.165, 1.54) is 41.8 Å². The molecule has 2 atom stereocenters. The van der Waals surface area contributed by atoms with Crippen LogP contribution in [0.25, 0.3) is 5.52 Å². The van der Waals surface area contributed by atoms with Crippen LogP contribution in [0.3, 0.4) is 0 Å². The van der Waals surface area contributed by atoms with Crippen LogP contribution in [0.15, 0.2) is 34.1 Å². The predicted molar refractivity (Wildman–Crippen MR) is 106 cm³/mol. The summed E-state index contributed by atoms with van der Waals surface area (Å²) in [7, 11) is 0. The number of pyridine rings is 2. The van der Waals surface area contributed by atoms with Gasteiger partial charge in [-0.3, -0.25) is 14.0 Å². The topological polar surface area (TPSA) is 65.6 Å². The van der Waals surface area contributed by atoms with Gasteiger partial charge < -0.3 is 4.90 Å². The van der Waals surface area contributed by atoms with E-state index in [0.29, 0.717) is 21.9 Å². The normalized spacial score (nSPS) is 22.3. The summed E-state index contributed by atoms with van der Waals surface area (Å²) in [5.41, 5.74) is 0.800. The molecule has 6 heteroatoms. The average molecular weight is 382 g/mol. The molecule has 1 aliphatic heterocycles. The van der Waals surface area contributed by atoms with Gasteiger partial charge in [-0.05, 0) is 50.0 Å². The van der Waals surface area contributed by atoms with Gasteiger partial charge in [-0.15, -0.1) is 11.8 Å². The van der Waals surface area contributed by atoms with Crippen molar-refractivity contribution in [1.82, 2.24) is 9.30 Å². The Morgan fingerprint density at radius 3 is 2.78 bits per heavy atom. The number of thioether (sulfide) groups is 1. The van der Waals surface area contributed by atoms with E-state index in [4.69, 9.17) is 0 Å². The first-order valence-electron chi connectivity index (χ1n) is 9.59. The fourth-order valence-corrected chi connectivity index (χ4v) is 5.55. The maximum atomic E-state index is 13.7. The van der Waals surface area contributed by atoms with Crippen LogP contribution in [0.2, 0.25) is 0 Å². The highest BCUT2D eigenvalue weighted by atomic mass is 32.2. The van der Waals surface area contributed by atoms with Crippen molar-refractivity contribution in [1.29, 1.82) is 5.26 Å². The minimum atomic E-state index is -0.358. The average Bonchev–Trinajstić information content (AvgIpc) is 2.72. The molecule has 1 aliphatic carbocycles. The Morgan fingerprint density at radius 1 is 1.22 bits per heavy atom. The van der Waals surface area contributed by atoms with E-state index in [0.717, 1.165) is 19.4 Å². The van der Waals surface area contributed by atoms with Gasteiger partial charge in [-0.25, -0.2) is 0 Å². The van der Waals surface area contributed by atoms with Gasteiger partial charge in [0.05, 0.1) is 11.1 Å². The molecule has 4 rings (SSSR count). The molecule has 0 spiro atoms. The lowest BCUT2D eigenvalue weighted by Gasteiger charge is -2.44. The summed E-state index contributed by atoms with van der Waals surface area (Å²) < 4.78 is 1.44. The highest BCUT2D eigenvalue weighted by Gasteiger charge is 2.37. The van der Waals surface area contributed by atoms with E-state index in [-0.39, 0.29) is 23.1 Å². The molecule has 5 nitrogen and oxygen atoms in total. The largest absolute Gasteiger partial charge is 0.335 e. The van der Waals surface area contributed by atoms with Crippen molar-refractivity contribution in [3.8, 4) is 6.07 Å². The van der Waals surface area contributed by atoms with E-state index in [2.05, 4.69) is 0 Å². The molecule has 3 heterocycles. The molecule has 0 aromatic carbocycles. The molecule has 1 saturated carbocycles. The van der Waals surface area contributed by atoms with Crippen molar-refractivity contribution in [2.24, 2.45) is 5.92 Å². The minimum Gasteiger partial charge on any atom is -0.335 e. The Bertz CT molecular complexity index is 989. The third-order valence-electron chi connectivity index (χ3n) is 6.04. The zero-order valence-corrected chi connectivity index (χ0v) is 16.3. The Morgan fingerprint density at radius 2 is 2.00 bits per heavy atom. The third kappa shape index (κ3) is 2.94. The lowest BCUT2D eigenvalue weighted by atomic mass is 9.78. The van der Waals surface area contributed by atoms with E-state index in [1.54, 1.807) is 18.3 Å². The highest BCUT2D eigenvalue weighted by Crippen LogP contribution is 2.37. The summed E-state index contributed by atoms with van der Waals surface area (Å²) in [5.74, 6) is 0.554. The minimum absolute atomic E-state index is 0.0313. The van der Waals surface area contributed by atoms with E-state index in [9.17, 15) is 14.9 Å². The Balaban J connectivity index is 1.90. The van der Waals surface area contributed by atoms with Crippen LogP contribution >= 0.6 is 11.8 Å². The number of nitrogens with zero attached hydrogens (tertiary/aromatic N) is 3. The van der Waals surface area contributed by atoms with Gasteiger partial charge in [-0.1, -0.05) is 18.9 Å². The smallest absolute Gasteiger partial charge is 0.274 e.